The molecule has 2 aromatic heterocycles. The van der Waals surface area contributed by atoms with Crippen molar-refractivity contribution in [2.75, 3.05) is 18.0 Å². The third kappa shape index (κ3) is 1.97. The summed E-state index contributed by atoms with van der Waals surface area (Å²) in [4.78, 5) is 6.83. The summed E-state index contributed by atoms with van der Waals surface area (Å²) < 4.78 is 1.81. The van der Waals surface area contributed by atoms with Gasteiger partial charge in [0.25, 0.3) is 0 Å². The first-order valence-electron chi connectivity index (χ1n) is 7.25. The summed E-state index contributed by atoms with van der Waals surface area (Å²) in [6.45, 7) is 1.60. The smallest absolute Gasteiger partial charge is 0.250 e. The van der Waals surface area contributed by atoms with Crippen molar-refractivity contribution in [3.63, 3.8) is 0 Å². The van der Waals surface area contributed by atoms with Gasteiger partial charge < -0.3 is 10.6 Å². The maximum atomic E-state index is 5.76. The van der Waals surface area contributed by atoms with E-state index in [0.29, 0.717) is 12.5 Å². The highest BCUT2D eigenvalue weighted by Crippen LogP contribution is 2.40. The predicted octanol–water partition coefficient (Wildman–Crippen LogP) is 2.31. The Morgan fingerprint density at radius 2 is 2.00 bits per heavy atom. The number of aromatic nitrogens is 3. The van der Waals surface area contributed by atoms with Crippen LogP contribution in [-0.4, -0.2) is 27.7 Å². The Morgan fingerprint density at radius 1 is 1.14 bits per heavy atom. The van der Waals surface area contributed by atoms with Crippen molar-refractivity contribution in [2.24, 2.45) is 5.73 Å². The van der Waals surface area contributed by atoms with Gasteiger partial charge in [-0.25, -0.2) is 4.52 Å². The molecule has 5 heteroatoms. The van der Waals surface area contributed by atoms with E-state index in [9.17, 15) is 0 Å². The Bertz CT molecular complexity index is 746. The fourth-order valence-corrected chi connectivity index (χ4v) is 3.07. The second kappa shape index (κ2) is 4.86. The van der Waals surface area contributed by atoms with Crippen molar-refractivity contribution in [1.82, 2.24) is 14.6 Å². The molecule has 1 unspecified atom stereocenters. The van der Waals surface area contributed by atoms with Gasteiger partial charge in [-0.3, -0.25) is 0 Å². The highest BCUT2D eigenvalue weighted by Gasteiger charge is 2.30. The zero-order chi connectivity index (χ0) is 14.2. The molecular weight excluding hydrogens is 262 g/mol. The predicted molar refractivity (Wildman–Crippen MR) is 82.8 cm³/mol. The van der Waals surface area contributed by atoms with Gasteiger partial charge in [-0.2, -0.15) is 4.98 Å². The van der Waals surface area contributed by atoms with Crippen LogP contribution in [0.15, 0.2) is 48.7 Å². The Labute approximate surface area is 123 Å². The molecule has 0 aliphatic carbocycles. The van der Waals surface area contributed by atoms with Crippen LogP contribution in [0.25, 0.3) is 5.65 Å². The average Bonchev–Trinajstić information content (AvgIpc) is 3.09. The second-order valence-electron chi connectivity index (χ2n) is 5.36. The number of nitrogens with two attached hydrogens (primary N) is 1. The van der Waals surface area contributed by atoms with E-state index in [2.05, 4.69) is 39.2 Å². The number of nitrogens with zero attached hydrogens (tertiary/aromatic N) is 4. The summed E-state index contributed by atoms with van der Waals surface area (Å²) in [7, 11) is 0. The van der Waals surface area contributed by atoms with Gasteiger partial charge in [0.15, 0.2) is 5.65 Å². The van der Waals surface area contributed by atoms with E-state index in [-0.39, 0.29) is 0 Å². The lowest BCUT2D eigenvalue weighted by Crippen LogP contribution is -2.18. The molecule has 21 heavy (non-hydrogen) atoms. The van der Waals surface area contributed by atoms with Gasteiger partial charge in [0, 0.05) is 24.3 Å². The number of anilines is 2. The summed E-state index contributed by atoms with van der Waals surface area (Å²) in [6.07, 6.45) is 2.91. The lowest BCUT2D eigenvalue weighted by molar-refractivity contribution is 0.664. The van der Waals surface area contributed by atoms with Crippen molar-refractivity contribution < 1.29 is 0 Å². The number of benzene rings is 1. The fraction of sp³-hybridized carbons (Fsp3) is 0.250. The minimum absolute atomic E-state index is 0.456. The monoisotopic (exact) mass is 279 g/mol. The third-order valence-corrected chi connectivity index (χ3v) is 4.06. The molecule has 0 amide bonds. The third-order valence-electron chi connectivity index (χ3n) is 4.06. The molecule has 4 rings (SSSR count). The summed E-state index contributed by atoms with van der Waals surface area (Å²) in [5, 5.41) is 4.59. The van der Waals surface area contributed by atoms with Crippen LogP contribution in [0.5, 0.6) is 0 Å². The molecule has 0 spiro atoms. The van der Waals surface area contributed by atoms with Gasteiger partial charge in [-0.15, -0.1) is 5.10 Å². The van der Waals surface area contributed by atoms with Gasteiger partial charge in [0.1, 0.15) is 0 Å². The van der Waals surface area contributed by atoms with Crippen LogP contribution < -0.4 is 10.6 Å². The molecule has 1 atom stereocenters. The van der Waals surface area contributed by atoms with Crippen molar-refractivity contribution in [3.05, 3.63) is 54.2 Å². The molecule has 1 aliphatic heterocycles. The number of hydrogen-bond acceptors (Lipinski definition) is 4. The molecule has 1 aromatic carbocycles. The largest absolute Gasteiger partial charge is 0.330 e. The van der Waals surface area contributed by atoms with Crippen LogP contribution in [0.1, 0.15) is 17.9 Å². The van der Waals surface area contributed by atoms with Crippen LogP contribution in [-0.2, 0) is 0 Å². The Kier molecular flexibility index (Phi) is 2.86. The first-order valence-corrected chi connectivity index (χ1v) is 7.25. The Balaban J connectivity index is 1.78. The minimum Gasteiger partial charge on any atom is -0.330 e. The first kappa shape index (κ1) is 12.3. The molecule has 0 radical (unpaired) electrons. The van der Waals surface area contributed by atoms with E-state index in [1.165, 1.54) is 11.3 Å². The van der Waals surface area contributed by atoms with Crippen LogP contribution >= 0.6 is 0 Å². The van der Waals surface area contributed by atoms with Gasteiger partial charge in [0.2, 0.25) is 5.95 Å². The van der Waals surface area contributed by atoms with E-state index < -0.39 is 0 Å². The highest BCUT2D eigenvalue weighted by molar-refractivity contribution is 5.68. The van der Waals surface area contributed by atoms with Gasteiger partial charge >= 0.3 is 0 Å². The van der Waals surface area contributed by atoms with Crippen molar-refractivity contribution in [1.29, 1.82) is 0 Å². The summed E-state index contributed by atoms with van der Waals surface area (Å²) in [6, 6.07) is 14.4. The molecule has 3 aromatic rings. The van der Waals surface area contributed by atoms with Crippen LogP contribution in [0, 0.1) is 0 Å². The Morgan fingerprint density at radius 3 is 2.86 bits per heavy atom. The maximum absolute atomic E-state index is 5.76. The summed E-state index contributed by atoms with van der Waals surface area (Å²) >= 11 is 0. The van der Waals surface area contributed by atoms with E-state index in [0.717, 1.165) is 24.6 Å². The normalized spacial score (nSPS) is 17.4. The number of fused-ring (bicyclic) bond motifs is 2. The zero-order valence-corrected chi connectivity index (χ0v) is 11.7. The average molecular weight is 279 g/mol. The maximum Gasteiger partial charge on any atom is 0.250 e. The number of para-hydroxylation sites is 1. The number of hydrogen-bond donors (Lipinski definition) is 1. The van der Waals surface area contributed by atoms with Crippen LogP contribution in [0.4, 0.5) is 11.6 Å². The fourth-order valence-electron chi connectivity index (χ4n) is 3.07. The van der Waals surface area contributed by atoms with E-state index >= 15 is 0 Å². The molecular formula is C16H17N5. The van der Waals surface area contributed by atoms with Gasteiger partial charge in [0.05, 0.1) is 0 Å². The van der Waals surface area contributed by atoms with Gasteiger partial charge in [-0.1, -0.05) is 24.3 Å². The Hall–Kier alpha value is -2.40. The molecule has 0 saturated heterocycles. The standard InChI is InChI=1S/C16H17N5/c17-9-8-12-11-20(14-6-2-1-5-13(12)14)16-18-15-7-3-4-10-21(15)19-16/h1-7,10,12H,8-9,11,17H2. The van der Waals surface area contributed by atoms with Crippen molar-refractivity contribution in [2.45, 2.75) is 12.3 Å². The van der Waals surface area contributed by atoms with Crippen LogP contribution in [0.2, 0.25) is 0 Å². The number of rotatable bonds is 3. The lowest BCUT2D eigenvalue weighted by Gasteiger charge is -2.14. The van der Waals surface area contributed by atoms with Gasteiger partial charge in [-0.05, 0) is 36.7 Å². The minimum atomic E-state index is 0.456. The SMILES string of the molecule is NCCC1CN(c2nc3ccccn3n2)c2ccccc21. The molecule has 106 valence electrons. The molecule has 0 fully saturated rings. The molecule has 2 N–H and O–H groups in total. The molecule has 1 aliphatic rings. The quantitative estimate of drug-likeness (QED) is 0.799. The first-order chi connectivity index (χ1) is 10.4. The van der Waals surface area contributed by atoms with Crippen molar-refractivity contribution in [3.8, 4) is 0 Å². The summed E-state index contributed by atoms with van der Waals surface area (Å²) in [5.41, 5.74) is 9.17. The van der Waals surface area contributed by atoms with Crippen molar-refractivity contribution >= 4 is 17.3 Å². The van der Waals surface area contributed by atoms with E-state index in [1.807, 2.05) is 28.9 Å². The molecule has 3 heterocycles. The highest BCUT2D eigenvalue weighted by atomic mass is 15.4. The van der Waals surface area contributed by atoms with Crippen LogP contribution in [0.3, 0.4) is 0 Å². The topological polar surface area (TPSA) is 59.5 Å². The molecule has 0 saturated carbocycles. The molecule has 5 nitrogen and oxygen atoms in total. The number of pyridine rings is 1. The van der Waals surface area contributed by atoms with E-state index in [4.69, 9.17) is 5.73 Å². The van der Waals surface area contributed by atoms with E-state index in [1.54, 1.807) is 0 Å². The molecule has 0 bridgehead atoms. The summed E-state index contributed by atoms with van der Waals surface area (Å²) in [5.74, 6) is 1.21. The lowest BCUT2D eigenvalue weighted by atomic mass is 9.98. The zero-order valence-electron chi connectivity index (χ0n) is 11.7. The second-order valence-corrected chi connectivity index (χ2v) is 5.36.